The lowest BCUT2D eigenvalue weighted by Gasteiger charge is -2.36. The molecule has 0 aromatic carbocycles. The van der Waals surface area contributed by atoms with Crippen LogP contribution in [-0.4, -0.2) is 46.2 Å². The summed E-state index contributed by atoms with van der Waals surface area (Å²) >= 11 is 0. The molecule has 1 aliphatic rings. The van der Waals surface area contributed by atoms with Gasteiger partial charge in [0.2, 0.25) is 5.91 Å². The van der Waals surface area contributed by atoms with Crippen LogP contribution in [0.25, 0.3) is 11.0 Å². The van der Waals surface area contributed by atoms with Crippen LogP contribution in [0.2, 0.25) is 0 Å². The lowest BCUT2D eigenvalue weighted by atomic mass is 9.83. The molecule has 3 atom stereocenters. The van der Waals surface area contributed by atoms with Gasteiger partial charge < -0.3 is 15.4 Å². The monoisotopic (exact) mass is 385 g/mol. The third-order valence-corrected chi connectivity index (χ3v) is 5.15. The van der Waals surface area contributed by atoms with Gasteiger partial charge in [0, 0.05) is 25.3 Å². The van der Waals surface area contributed by atoms with Crippen LogP contribution in [0.5, 0.6) is 0 Å². The Balaban J connectivity index is 1.81. The number of hydrogen-bond donors (Lipinski definition) is 2. The zero-order valence-corrected chi connectivity index (χ0v) is 17.1. The van der Waals surface area contributed by atoms with Gasteiger partial charge in [0.25, 0.3) is 0 Å². The van der Waals surface area contributed by atoms with E-state index in [-0.39, 0.29) is 24.0 Å². The van der Waals surface area contributed by atoms with E-state index < -0.39 is 0 Å². The summed E-state index contributed by atoms with van der Waals surface area (Å²) in [5.74, 6) is 1.58. The first kappa shape index (κ1) is 20.5. The van der Waals surface area contributed by atoms with Crippen molar-refractivity contribution in [3.63, 3.8) is 0 Å². The quantitative estimate of drug-likeness (QED) is 0.725. The number of aromatic nitrogens is 3. The summed E-state index contributed by atoms with van der Waals surface area (Å²) in [6, 6.07) is 3.88. The maximum atomic E-state index is 12.5. The molecule has 1 aliphatic carbocycles. The fraction of sp³-hybridized carbons (Fsp3) is 0.619. The summed E-state index contributed by atoms with van der Waals surface area (Å²) in [7, 11) is 0. The Kier molecular flexibility index (Phi) is 7.14. The number of carbonyl (C=O) groups is 1. The molecule has 2 aromatic heterocycles. The van der Waals surface area contributed by atoms with Gasteiger partial charge in [-0.05, 0) is 51.2 Å². The van der Waals surface area contributed by atoms with Crippen molar-refractivity contribution in [1.82, 2.24) is 20.3 Å². The third kappa shape index (κ3) is 4.95. The first-order valence-electron chi connectivity index (χ1n) is 10.4. The highest BCUT2D eigenvalue weighted by atomic mass is 16.5. The number of anilines is 1. The average molecular weight is 386 g/mol. The number of fused-ring (bicyclic) bond motifs is 1. The molecule has 28 heavy (non-hydrogen) atoms. The second kappa shape index (κ2) is 9.78. The first-order valence-corrected chi connectivity index (χ1v) is 10.4. The Morgan fingerprint density at radius 3 is 2.89 bits per heavy atom. The number of pyridine rings is 1. The van der Waals surface area contributed by atoms with Gasteiger partial charge in [0.15, 0.2) is 5.65 Å². The van der Waals surface area contributed by atoms with E-state index in [1.165, 1.54) is 0 Å². The fourth-order valence-electron chi connectivity index (χ4n) is 3.75. The zero-order valence-electron chi connectivity index (χ0n) is 17.1. The van der Waals surface area contributed by atoms with Crippen molar-refractivity contribution in [3.05, 3.63) is 24.2 Å². The van der Waals surface area contributed by atoms with Crippen LogP contribution in [0.15, 0.2) is 18.3 Å². The molecule has 152 valence electrons. The van der Waals surface area contributed by atoms with Crippen molar-refractivity contribution in [2.45, 2.75) is 65.0 Å². The lowest BCUT2D eigenvalue weighted by Crippen LogP contribution is -2.45. The Bertz CT molecular complexity index is 797. The fourth-order valence-corrected chi connectivity index (χ4v) is 3.75. The second-order valence-electron chi connectivity index (χ2n) is 7.46. The summed E-state index contributed by atoms with van der Waals surface area (Å²) in [6.07, 6.45) is 6.17. The van der Waals surface area contributed by atoms with Crippen molar-refractivity contribution in [1.29, 1.82) is 0 Å². The molecule has 1 amide bonds. The Hall–Kier alpha value is -2.28. The van der Waals surface area contributed by atoms with E-state index in [1.54, 1.807) is 6.20 Å². The summed E-state index contributed by atoms with van der Waals surface area (Å²) in [5.41, 5.74) is 0.677. The number of amides is 1. The van der Waals surface area contributed by atoms with E-state index in [9.17, 15) is 4.79 Å². The molecule has 2 heterocycles. The number of rotatable bonds is 8. The van der Waals surface area contributed by atoms with Crippen LogP contribution in [-0.2, 0) is 9.53 Å². The van der Waals surface area contributed by atoms with Crippen LogP contribution >= 0.6 is 0 Å². The van der Waals surface area contributed by atoms with E-state index >= 15 is 0 Å². The van der Waals surface area contributed by atoms with E-state index in [0.29, 0.717) is 11.5 Å². The molecule has 1 saturated carbocycles. The van der Waals surface area contributed by atoms with E-state index in [1.807, 2.05) is 19.1 Å². The highest BCUT2D eigenvalue weighted by molar-refractivity contribution is 5.86. The molecule has 2 N–H and O–H groups in total. The maximum absolute atomic E-state index is 12.5. The number of aryl methyl sites for hydroxylation is 1. The zero-order chi connectivity index (χ0) is 19.9. The molecule has 0 radical (unpaired) electrons. The summed E-state index contributed by atoms with van der Waals surface area (Å²) in [5, 5.41) is 7.50. The largest absolute Gasteiger partial charge is 0.376 e. The molecule has 0 aliphatic heterocycles. The van der Waals surface area contributed by atoms with Gasteiger partial charge in [-0.2, -0.15) is 0 Å². The molecule has 2 aromatic rings. The van der Waals surface area contributed by atoms with Gasteiger partial charge in [-0.15, -0.1) is 0 Å². The van der Waals surface area contributed by atoms with Crippen molar-refractivity contribution in [2.75, 3.05) is 18.5 Å². The van der Waals surface area contributed by atoms with Crippen molar-refractivity contribution < 1.29 is 9.53 Å². The van der Waals surface area contributed by atoms with Crippen molar-refractivity contribution >= 4 is 22.8 Å². The summed E-state index contributed by atoms with van der Waals surface area (Å²) in [4.78, 5) is 25.9. The predicted molar refractivity (Wildman–Crippen MR) is 110 cm³/mol. The van der Waals surface area contributed by atoms with Crippen LogP contribution in [0.1, 0.15) is 51.8 Å². The third-order valence-electron chi connectivity index (χ3n) is 5.15. The number of ether oxygens (including phenoxy) is 1. The van der Waals surface area contributed by atoms with Crippen LogP contribution in [0.4, 0.5) is 5.82 Å². The normalized spacial score (nSPS) is 22.2. The molecule has 1 fully saturated rings. The number of nitrogens with one attached hydrogen (secondary N) is 2. The highest BCUT2D eigenvalue weighted by Crippen LogP contribution is 2.30. The summed E-state index contributed by atoms with van der Waals surface area (Å²) < 4.78 is 6.12. The van der Waals surface area contributed by atoms with Gasteiger partial charge in [-0.25, -0.2) is 15.0 Å². The molecule has 7 nitrogen and oxygen atoms in total. The smallest absolute Gasteiger partial charge is 0.223 e. The molecule has 7 heteroatoms. The SMILES string of the molecule is CCCNC(=O)[C@H]1CC[C@@H](OCCC)[C@H](Nc2nc(C)nc3ncccc23)C1. The van der Waals surface area contributed by atoms with Gasteiger partial charge >= 0.3 is 0 Å². The molecule has 0 saturated heterocycles. The van der Waals surface area contributed by atoms with Crippen molar-refractivity contribution in [2.24, 2.45) is 5.92 Å². The van der Waals surface area contributed by atoms with Crippen LogP contribution in [0, 0.1) is 12.8 Å². The standard InChI is InChI=1S/C21H31N5O2/c1-4-10-23-21(27)15-8-9-18(28-12-5-2)17(13-15)26-20-16-7-6-11-22-19(16)24-14(3)25-20/h6-7,11,15,17-18H,4-5,8-10,12-13H2,1-3H3,(H,23,27)(H,22,24,25,26)/t15-,17+,18+/m0/s1. The number of nitrogens with zero attached hydrogens (tertiary/aromatic N) is 3. The molecular formula is C21H31N5O2. The average Bonchev–Trinajstić information content (AvgIpc) is 2.70. The minimum Gasteiger partial charge on any atom is -0.376 e. The molecule has 0 bridgehead atoms. The Labute approximate surface area is 166 Å². The van der Waals surface area contributed by atoms with Gasteiger partial charge in [-0.3, -0.25) is 4.79 Å². The molecular weight excluding hydrogens is 354 g/mol. The second-order valence-corrected chi connectivity index (χ2v) is 7.46. The lowest BCUT2D eigenvalue weighted by molar-refractivity contribution is -0.127. The van der Waals surface area contributed by atoms with Gasteiger partial charge in [0.05, 0.1) is 17.5 Å². The minimum atomic E-state index is -0.00199. The van der Waals surface area contributed by atoms with Crippen LogP contribution in [0.3, 0.4) is 0 Å². The van der Waals surface area contributed by atoms with E-state index in [0.717, 1.165) is 56.5 Å². The molecule has 0 unspecified atom stereocenters. The topological polar surface area (TPSA) is 89.0 Å². The number of hydrogen-bond acceptors (Lipinski definition) is 6. The molecule has 0 spiro atoms. The van der Waals surface area contributed by atoms with Gasteiger partial charge in [0.1, 0.15) is 11.6 Å². The minimum absolute atomic E-state index is 0.00199. The summed E-state index contributed by atoms with van der Waals surface area (Å²) in [6.45, 7) is 7.49. The number of carbonyl (C=O) groups excluding carboxylic acids is 1. The highest BCUT2D eigenvalue weighted by Gasteiger charge is 2.35. The van der Waals surface area contributed by atoms with E-state index in [4.69, 9.17) is 4.74 Å². The van der Waals surface area contributed by atoms with Crippen LogP contribution < -0.4 is 10.6 Å². The molecule has 3 rings (SSSR count). The van der Waals surface area contributed by atoms with Gasteiger partial charge in [-0.1, -0.05) is 13.8 Å². The maximum Gasteiger partial charge on any atom is 0.223 e. The first-order chi connectivity index (χ1) is 13.6. The predicted octanol–water partition coefficient (Wildman–Crippen LogP) is 3.24. The Morgan fingerprint density at radius 1 is 1.25 bits per heavy atom. The Morgan fingerprint density at radius 2 is 2.11 bits per heavy atom. The van der Waals surface area contributed by atoms with Crippen molar-refractivity contribution in [3.8, 4) is 0 Å². The van der Waals surface area contributed by atoms with E-state index in [2.05, 4.69) is 39.4 Å².